The Morgan fingerprint density at radius 3 is 2.18 bits per heavy atom. The van der Waals surface area contributed by atoms with Crippen molar-refractivity contribution < 1.29 is 78.4 Å². The van der Waals surface area contributed by atoms with Crippen LogP contribution in [-0.2, 0) is 9.53 Å². The molecule has 0 radical (unpaired) electrons. The third kappa shape index (κ3) is 5.19. The summed E-state index contributed by atoms with van der Waals surface area (Å²) in [5.41, 5.74) is -0.576. The first kappa shape index (κ1) is 15.3. The van der Waals surface area contributed by atoms with Gasteiger partial charge in [0, 0.05) is 0 Å². The zero-order valence-corrected chi connectivity index (χ0v) is 11.5. The van der Waals surface area contributed by atoms with E-state index in [1.807, 2.05) is 0 Å². The van der Waals surface area contributed by atoms with Crippen molar-refractivity contribution in [2.45, 2.75) is 12.1 Å². The Morgan fingerprint density at radius 1 is 1.45 bits per heavy atom. The van der Waals surface area contributed by atoms with E-state index >= 15 is 0 Å². The smallest absolute Gasteiger partial charge is 0.841 e. The second-order valence-corrected chi connectivity index (χ2v) is 3.13. The second kappa shape index (κ2) is 7.25. The van der Waals surface area contributed by atoms with E-state index < -0.39 is 20.0 Å². The van der Waals surface area contributed by atoms with Gasteiger partial charge in [-0.3, -0.25) is 4.79 Å². The van der Waals surface area contributed by atoms with E-state index in [4.69, 9.17) is 0 Å². The molecule has 1 aliphatic heterocycles. The Labute approximate surface area is 110 Å². The molecule has 1 unspecified atom stereocenters. The largest absolute Gasteiger partial charge is 1.00 e. The molecule has 1 fully saturated rings. The molecule has 0 aromatic heterocycles. The average Bonchev–Trinajstić information content (AvgIpc) is 2.14. The van der Waals surface area contributed by atoms with Crippen LogP contribution in [0.3, 0.4) is 0 Å². The Hall–Kier alpha value is 1.82. The van der Waals surface area contributed by atoms with Gasteiger partial charge in [0.05, 0.1) is 13.0 Å². The summed E-state index contributed by atoms with van der Waals surface area (Å²) in [5.74, 6) is -0.417. The van der Waals surface area contributed by atoms with Crippen LogP contribution < -0.4 is 68.9 Å². The summed E-state index contributed by atoms with van der Waals surface area (Å²) in [4.78, 5) is 30.6. The van der Waals surface area contributed by atoms with Crippen molar-refractivity contribution in [2.75, 3.05) is 6.61 Å². The molecule has 0 spiro atoms. The molecule has 52 valence electrons. The van der Waals surface area contributed by atoms with Crippen LogP contribution in [0.4, 0.5) is 0 Å². The molecule has 0 saturated carbocycles. The molecule has 1 aliphatic rings. The molecule has 1 heterocycles. The Kier molecular flexibility index (Phi) is 10.1. The van der Waals surface area contributed by atoms with Crippen molar-refractivity contribution in [1.82, 2.24) is 0 Å². The average molecular weight is 194 g/mol. The third-order valence-electron chi connectivity index (χ3n) is 1.14. The monoisotopic (exact) mass is 194 g/mol. The molecule has 1 saturated heterocycles. The number of hydrogen-bond donors (Lipinski definition) is 0. The molecular formula is C4H5Na2O4P. The van der Waals surface area contributed by atoms with Gasteiger partial charge >= 0.3 is 65.1 Å². The fraction of sp³-hybridized carbons (Fsp3) is 0.750. The van der Waals surface area contributed by atoms with Crippen LogP contribution in [0.1, 0.15) is 6.42 Å². The van der Waals surface area contributed by atoms with Crippen molar-refractivity contribution in [2.24, 2.45) is 0 Å². The van der Waals surface area contributed by atoms with Gasteiger partial charge in [0.25, 0.3) is 0 Å². The Balaban J connectivity index is 0. The maximum Gasteiger partial charge on any atom is 1.00 e. The number of carbonyl (C=O) groups is 1. The van der Waals surface area contributed by atoms with Crippen LogP contribution in [0.25, 0.3) is 0 Å². The minimum atomic E-state index is -2.47. The van der Waals surface area contributed by atoms with E-state index in [0.717, 1.165) is 0 Å². The normalized spacial score (nSPS) is 22.1. The van der Waals surface area contributed by atoms with Gasteiger partial charge in [-0.15, -0.1) is 0 Å². The van der Waals surface area contributed by atoms with Crippen molar-refractivity contribution in [3.8, 4) is 0 Å². The van der Waals surface area contributed by atoms with E-state index in [0.29, 0.717) is 0 Å². The van der Waals surface area contributed by atoms with E-state index in [9.17, 15) is 14.6 Å². The van der Waals surface area contributed by atoms with Gasteiger partial charge in [0.2, 0.25) is 0 Å². The number of carbonyl (C=O) groups excluding carboxylic acids is 1. The molecule has 7 heteroatoms. The van der Waals surface area contributed by atoms with Gasteiger partial charge < -0.3 is 22.9 Å². The van der Waals surface area contributed by atoms with E-state index in [-0.39, 0.29) is 72.1 Å². The number of rotatable bonds is 1. The number of cyclic esters (lactones) is 1. The SMILES string of the molecule is O=C1CC(P([O-])[O-])CO1.[Na+].[Na+]. The number of esters is 1. The predicted molar refractivity (Wildman–Crippen MR) is 26.3 cm³/mol. The molecular weight excluding hydrogens is 189 g/mol. The van der Waals surface area contributed by atoms with Gasteiger partial charge in [-0.25, -0.2) is 0 Å². The molecule has 1 atom stereocenters. The summed E-state index contributed by atoms with van der Waals surface area (Å²) in [6.45, 7) is 0.0392. The topological polar surface area (TPSA) is 72.4 Å². The molecule has 0 aromatic rings. The van der Waals surface area contributed by atoms with Crippen LogP contribution in [0.2, 0.25) is 0 Å². The number of ether oxygens (including phenoxy) is 1. The van der Waals surface area contributed by atoms with E-state index in [2.05, 4.69) is 4.74 Å². The molecule has 0 N–H and O–H groups in total. The van der Waals surface area contributed by atoms with Crippen molar-refractivity contribution in [3.05, 3.63) is 0 Å². The molecule has 4 nitrogen and oxygen atoms in total. The quantitative estimate of drug-likeness (QED) is 0.236. The first-order chi connectivity index (χ1) is 4.20. The summed E-state index contributed by atoms with van der Waals surface area (Å²) in [7, 11) is -2.47. The minimum Gasteiger partial charge on any atom is -0.841 e. The van der Waals surface area contributed by atoms with Crippen LogP contribution in [0, 0.1) is 0 Å². The zero-order chi connectivity index (χ0) is 6.85. The Bertz CT molecular complexity index is 131. The summed E-state index contributed by atoms with van der Waals surface area (Å²) < 4.78 is 4.40. The fourth-order valence-electron chi connectivity index (χ4n) is 0.635. The van der Waals surface area contributed by atoms with Gasteiger partial charge in [0.15, 0.2) is 0 Å². The second-order valence-electron chi connectivity index (χ2n) is 1.83. The first-order valence-electron chi connectivity index (χ1n) is 2.49. The van der Waals surface area contributed by atoms with Crippen LogP contribution in [0.5, 0.6) is 0 Å². The molecule has 0 aromatic carbocycles. The predicted octanol–water partition coefficient (Wildman–Crippen LogP) is -7.66. The standard InChI is InChI=1S/C4H5O4P.2Na/c5-4-1-3(2-8-4)9(6)7;;/h3H,1-2H2;;/q-2;2*+1. The van der Waals surface area contributed by atoms with Gasteiger partial charge in [-0.2, -0.15) is 0 Å². The minimum absolute atomic E-state index is 0. The third-order valence-corrected chi connectivity index (χ3v) is 2.07. The summed E-state index contributed by atoms with van der Waals surface area (Å²) >= 11 is 0. The van der Waals surface area contributed by atoms with Crippen molar-refractivity contribution in [3.63, 3.8) is 0 Å². The first-order valence-corrected chi connectivity index (χ1v) is 3.74. The van der Waals surface area contributed by atoms with Gasteiger partial charge in [0.1, 0.15) is 0 Å². The van der Waals surface area contributed by atoms with Crippen LogP contribution in [-0.4, -0.2) is 18.2 Å². The van der Waals surface area contributed by atoms with Gasteiger partial charge in [-0.1, -0.05) is 0 Å². The number of hydrogen-bond acceptors (Lipinski definition) is 4. The summed E-state index contributed by atoms with van der Waals surface area (Å²) in [5, 5.41) is 0. The molecule has 1 rings (SSSR count). The van der Waals surface area contributed by atoms with Gasteiger partial charge in [-0.05, 0) is 5.66 Å². The van der Waals surface area contributed by atoms with Crippen molar-refractivity contribution in [1.29, 1.82) is 0 Å². The zero-order valence-electron chi connectivity index (χ0n) is 6.57. The van der Waals surface area contributed by atoms with E-state index in [1.54, 1.807) is 0 Å². The van der Waals surface area contributed by atoms with Crippen LogP contribution >= 0.6 is 8.38 Å². The summed E-state index contributed by atoms with van der Waals surface area (Å²) in [6.07, 6.45) is 0.0265. The molecule has 11 heavy (non-hydrogen) atoms. The van der Waals surface area contributed by atoms with Crippen molar-refractivity contribution >= 4 is 14.3 Å². The summed E-state index contributed by atoms with van der Waals surface area (Å²) in [6, 6.07) is 0. The van der Waals surface area contributed by atoms with Crippen LogP contribution in [0.15, 0.2) is 0 Å². The maximum absolute atomic E-state index is 10.3. The molecule has 0 bridgehead atoms. The molecule has 0 amide bonds. The van der Waals surface area contributed by atoms with E-state index in [1.165, 1.54) is 0 Å². The maximum atomic E-state index is 10.3. The fourth-order valence-corrected chi connectivity index (χ4v) is 1.13. The molecule has 0 aliphatic carbocycles. The Morgan fingerprint density at radius 2 is 2.00 bits per heavy atom.